The van der Waals surface area contributed by atoms with Gasteiger partial charge in [-0.2, -0.15) is 0 Å². The molecular weight excluding hydrogens is 416 g/mol. The van der Waals surface area contributed by atoms with E-state index < -0.39 is 13.7 Å². The minimum absolute atomic E-state index is 0.234. The summed E-state index contributed by atoms with van der Waals surface area (Å²) in [6, 6.07) is 8.41. The first-order chi connectivity index (χ1) is 12.3. The van der Waals surface area contributed by atoms with Gasteiger partial charge in [0.1, 0.15) is 12.3 Å². The first-order valence-corrected chi connectivity index (χ1v) is 12.6. The number of halogens is 1. The Kier molecular flexibility index (Phi) is 5.36. The molecule has 0 aliphatic rings. The largest absolute Gasteiger partial charge is 0.421 e. The third kappa shape index (κ3) is 3.77. The van der Waals surface area contributed by atoms with E-state index in [0.29, 0.717) is 29.3 Å². The number of hydrogen-bond donors (Lipinski definition) is 0. The Bertz CT molecular complexity index is 1020. The second-order valence-corrected chi connectivity index (χ2v) is 13.2. The predicted octanol–water partition coefficient (Wildman–Crippen LogP) is 4.75. The second kappa shape index (κ2) is 7.38. The van der Waals surface area contributed by atoms with E-state index in [0.717, 1.165) is 11.4 Å². The first-order valence-electron chi connectivity index (χ1n) is 8.29. The normalized spacial score (nSPS) is 12.0. The number of imidazole rings is 1. The maximum atomic E-state index is 12.4. The molecule has 0 atom stereocenters. The van der Waals surface area contributed by atoms with Crippen LogP contribution in [0.25, 0.3) is 27.8 Å². The summed E-state index contributed by atoms with van der Waals surface area (Å²) in [7, 11) is -1.19. The SMILES string of the molecule is C=C(OBr)c1nc2c(=O)oc3ccccc3c2n1COCC[Si](C)(C)C. The summed E-state index contributed by atoms with van der Waals surface area (Å²) in [5, 5.41) is 0.789. The molecule has 2 aromatic heterocycles. The summed E-state index contributed by atoms with van der Waals surface area (Å²) in [6.45, 7) is 11.6. The Morgan fingerprint density at radius 3 is 2.77 bits per heavy atom. The molecule has 0 saturated carbocycles. The first kappa shape index (κ1) is 18.9. The third-order valence-corrected chi connectivity index (χ3v) is 6.16. The summed E-state index contributed by atoms with van der Waals surface area (Å²) in [6.07, 6.45) is 0. The van der Waals surface area contributed by atoms with Crippen LogP contribution in [0.2, 0.25) is 25.7 Å². The van der Waals surface area contributed by atoms with Crippen molar-refractivity contribution < 1.29 is 13.0 Å². The van der Waals surface area contributed by atoms with Gasteiger partial charge in [-0.25, -0.2) is 9.78 Å². The van der Waals surface area contributed by atoms with Crippen LogP contribution in [0.3, 0.4) is 0 Å². The van der Waals surface area contributed by atoms with E-state index in [-0.39, 0.29) is 12.2 Å². The molecule has 1 aromatic carbocycles. The number of aromatic nitrogens is 2. The fraction of sp³-hybridized carbons (Fsp3) is 0.333. The van der Waals surface area contributed by atoms with Crippen molar-refractivity contribution in [1.29, 1.82) is 0 Å². The van der Waals surface area contributed by atoms with Gasteiger partial charge in [-0.05, 0) is 18.2 Å². The van der Waals surface area contributed by atoms with Crippen molar-refractivity contribution in [2.24, 2.45) is 0 Å². The minimum atomic E-state index is -1.19. The highest BCUT2D eigenvalue weighted by Gasteiger charge is 2.21. The smallest absolute Gasteiger partial charge is 0.364 e. The average molecular weight is 437 g/mol. The highest BCUT2D eigenvalue weighted by molar-refractivity contribution is 9.06. The van der Waals surface area contributed by atoms with Gasteiger partial charge < -0.3 is 13.0 Å². The summed E-state index contributed by atoms with van der Waals surface area (Å²) in [5.41, 5.74) is 0.900. The Hall–Kier alpha value is -1.90. The molecule has 0 radical (unpaired) electrons. The van der Waals surface area contributed by atoms with Crippen molar-refractivity contribution >= 4 is 52.1 Å². The third-order valence-electron chi connectivity index (χ3n) is 4.07. The van der Waals surface area contributed by atoms with Crippen molar-refractivity contribution in [1.82, 2.24) is 9.55 Å². The molecule has 3 rings (SSSR count). The van der Waals surface area contributed by atoms with Crippen molar-refractivity contribution in [2.45, 2.75) is 32.4 Å². The van der Waals surface area contributed by atoms with Gasteiger partial charge >= 0.3 is 5.63 Å². The van der Waals surface area contributed by atoms with Gasteiger partial charge in [-0.1, -0.05) is 38.4 Å². The Balaban J connectivity index is 2.11. The van der Waals surface area contributed by atoms with Crippen LogP contribution in [0.5, 0.6) is 0 Å². The lowest BCUT2D eigenvalue weighted by atomic mass is 10.2. The summed E-state index contributed by atoms with van der Waals surface area (Å²) in [4.78, 5) is 16.8. The van der Waals surface area contributed by atoms with Crippen LogP contribution in [0.15, 0.2) is 40.1 Å². The molecule has 6 nitrogen and oxygen atoms in total. The zero-order chi connectivity index (χ0) is 18.9. The number of hydrogen-bond acceptors (Lipinski definition) is 5. The fourth-order valence-corrected chi connectivity index (χ4v) is 3.58. The molecule has 0 spiro atoms. The number of benzene rings is 1. The highest BCUT2D eigenvalue weighted by Crippen LogP contribution is 2.27. The molecule has 8 heteroatoms. The van der Waals surface area contributed by atoms with Crippen molar-refractivity contribution in [3.05, 3.63) is 47.1 Å². The lowest BCUT2D eigenvalue weighted by molar-refractivity contribution is 0.0890. The van der Waals surface area contributed by atoms with Gasteiger partial charge in [-0.3, -0.25) is 4.57 Å². The van der Waals surface area contributed by atoms with Crippen LogP contribution < -0.4 is 5.63 Å². The number of fused-ring (bicyclic) bond motifs is 3. The van der Waals surface area contributed by atoms with Gasteiger partial charge in [-0.15, -0.1) is 0 Å². The number of para-hydroxylation sites is 1. The minimum Gasteiger partial charge on any atom is -0.421 e. The number of ether oxygens (including phenoxy) is 1. The van der Waals surface area contributed by atoms with E-state index in [1.165, 1.54) is 0 Å². The Morgan fingerprint density at radius 1 is 1.35 bits per heavy atom. The van der Waals surface area contributed by atoms with E-state index in [2.05, 4.69) is 47.5 Å². The van der Waals surface area contributed by atoms with Crippen LogP contribution >= 0.6 is 16.3 Å². The van der Waals surface area contributed by atoms with Crippen molar-refractivity contribution in [2.75, 3.05) is 6.61 Å². The number of rotatable bonds is 7. The molecule has 2 heterocycles. The van der Waals surface area contributed by atoms with Gasteiger partial charge in [0.05, 0.1) is 5.52 Å². The van der Waals surface area contributed by atoms with E-state index in [1.54, 1.807) is 6.07 Å². The van der Waals surface area contributed by atoms with Gasteiger partial charge in [0.2, 0.25) is 0 Å². The predicted molar refractivity (Wildman–Crippen MR) is 109 cm³/mol. The molecule has 0 fully saturated rings. The lowest BCUT2D eigenvalue weighted by Gasteiger charge is -2.16. The molecule has 26 heavy (non-hydrogen) atoms. The molecule has 3 aromatic rings. The zero-order valence-electron chi connectivity index (χ0n) is 15.0. The molecule has 0 aliphatic carbocycles. The molecule has 0 amide bonds. The average Bonchev–Trinajstić information content (AvgIpc) is 2.98. The maximum Gasteiger partial charge on any atom is 0.364 e. The van der Waals surface area contributed by atoms with Crippen LogP contribution in [-0.2, 0) is 15.3 Å². The van der Waals surface area contributed by atoms with Crippen LogP contribution in [0.4, 0.5) is 0 Å². The highest BCUT2D eigenvalue weighted by atomic mass is 79.9. The molecular formula is C18H21BrN2O4Si. The monoisotopic (exact) mass is 436 g/mol. The van der Waals surface area contributed by atoms with Crippen LogP contribution in [-0.4, -0.2) is 24.2 Å². The van der Waals surface area contributed by atoms with Crippen LogP contribution in [0.1, 0.15) is 5.82 Å². The molecule has 0 N–H and O–H groups in total. The molecule has 138 valence electrons. The van der Waals surface area contributed by atoms with E-state index in [9.17, 15) is 4.79 Å². The van der Waals surface area contributed by atoms with Gasteiger partial charge in [0.15, 0.2) is 33.4 Å². The summed E-state index contributed by atoms with van der Waals surface area (Å²) >= 11 is 2.93. The van der Waals surface area contributed by atoms with Crippen molar-refractivity contribution in [3.63, 3.8) is 0 Å². The summed E-state index contributed by atoms with van der Waals surface area (Å²) in [5.74, 6) is 0.715. The molecule has 0 aliphatic heterocycles. The molecule has 0 bridgehead atoms. The van der Waals surface area contributed by atoms with E-state index in [4.69, 9.17) is 13.0 Å². The standard InChI is InChI=1S/C18H21BrN2O4Si/c1-12(25-19)17-20-15-16(21(17)11-23-9-10-26(2,3)4)13-7-5-6-8-14(13)24-18(15)22/h5-8H,1,9-11H2,2-4H3. The van der Waals surface area contributed by atoms with Crippen molar-refractivity contribution in [3.8, 4) is 0 Å². The number of nitrogens with zero attached hydrogens (tertiary/aromatic N) is 2. The van der Waals surface area contributed by atoms with Crippen LogP contribution in [0, 0.1) is 0 Å². The van der Waals surface area contributed by atoms with Gasteiger partial charge in [0, 0.05) is 20.1 Å². The van der Waals surface area contributed by atoms with E-state index >= 15 is 0 Å². The zero-order valence-corrected chi connectivity index (χ0v) is 17.6. The second-order valence-electron chi connectivity index (χ2n) is 7.29. The maximum absolute atomic E-state index is 12.4. The quantitative estimate of drug-likeness (QED) is 0.231. The van der Waals surface area contributed by atoms with Gasteiger partial charge in [0.25, 0.3) is 0 Å². The summed E-state index contributed by atoms with van der Waals surface area (Å²) < 4.78 is 18.2. The lowest BCUT2D eigenvalue weighted by Crippen LogP contribution is -2.22. The fourth-order valence-electron chi connectivity index (χ4n) is 2.67. The molecule has 0 unspecified atom stereocenters. The Labute approximate surface area is 160 Å². The van der Waals surface area contributed by atoms with E-state index in [1.807, 2.05) is 22.8 Å². The topological polar surface area (TPSA) is 66.5 Å². The Morgan fingerprint density at radius 2 is 2.08 bits per heavy atom. The molecule has 0 saturated heterocycles.